The molecule has 0 unspecified atom stereocenters. The topological polar surface area (TPSA) is 66.8 Å². The van der Waals surface area contributed by atoms with Crippen LogP contribution in [-0.2, 0) is 4.79 Å². The van der Waals surface area contributed by atoms with Crippen molar-refractivity contribution in [2.24, 2.45) is 0 Å². The van der Waals surface area contributed by atoms with Gasteiger partial charge in [-0.15, -0.1) is 0 Å². The first kappa shape index (κ1) is 12.3. The zero-order valence-electron chi connectivity index (χ0n) is 8.23. The number of hydrogen-bond acceptors (Lipinski definition) is 3. The number of aliphatic carboxylic acids is 1. The van der Waals surface area contributed by atoms with Gasteiger partial charge in [-0.1, -0.05) is 6.92 Å². The Bertz CT molecular complexity index is 266. The van der Waals surface area contributed by atoms with E-state index < -0.39 is 5.97 Å². The van der Waals surface area contributed by atoms with E-state index in [-0.39, 0.29) is 12.2 Å². The maximum Gasteiger partial charge on any atom is 0.303 e. The Balaban J connectivity index is 0.000000292. The standard InChI is InChI=1S/C7H8O2.C3H6O2/c1-9-7-4-2-6(8)3-5-7;1-2-3(4)5/h2-5,8H,1H3;2H2,1H3,(H,4,5). The third kappa shape index (κ3) is 5.88. The van der Waals surface area contributed by atoms with Gasteiger partial charge in [-0.3, -0.25) is 4.79 Å². The molecule has 0 aliphatic rings. The zero-order chi connectivity index (χ0) is 11.0. The number of carboxylic acid groups (broad SMARTS) is 1. The number of phenols is 1. The molecule has 0 aliphatic carbocycles. The summed E-state index contributed by atoms with van der Waals surface area (Å²) in [6.07, 6.45) is 0.222. The average Bonchev–Trinajstić information content (AvgIpc) is 2.20. The average molecular weight is 198 g/mol. The highest BCUT2D eigenvalue weighted by atomic mass is 16.5. The molecule has 0 aromatic heterocycles. The smallest absolute Gasteiger partial charge is 0.303 e. The summed E-state index contributed by atoms with van der Waals surface area (Å²) >= 11 is 0. The van der Waals surface area contributed by atoms with Gasteiger partial charge in [0, 0.05) is 6.42 Å². The van der Waals surface area contributed by atoms with E-state index >= 15 is 0 Å². The van der Waals surface area contributed by atoms with E-state index in [0.29, 0.717) is 0 Å². The zero-order valence-corrected chi connectivity index (χ0v) is 8.23. The fourth-order valence-corrected chi connectivity index (χ4v) is 0.582. The van der Waals surface area contributed by atoms with Crippen molar-refractivity contribution in [1.29, 1.82) is 0 Å². The lowest BCUT2D eigenvalue weighted by atomic mass is 10.3. The van der Waals surface area contributed by atoms with E-state index in [9.17, 15) is 4.79 Å². The maximum atomic E-state index is 9.37. The highest BCUT2D eigenvalue weighted by Gasteiger charge is 1.87. The largest absolute Gasteiger partial charge is 0.508 e. The minimum absolute atomic E-state index is 0.222. The molecule has 78 valence electrons. The van der Waals surface area contributed by atoms with Gasteiger partial charge in [0.1, 0.15) is 11.5 Å². The monoisotopic (exact) mass is 198 g/mol. The van der Waals surface area contributed by atoms with Crippen molar-refractivity contribution in [3.05, 3.63) is 24.3 Å². The van der Waals surface area contributed by atoms with Crippen molar-refractivity contribution in [2.75, 3.05) is 7.11 Å². The van der Waals surface area contributed by atoms with Crippen LogP contribution in [0.15, 0.2) is 24.3 Å². The van der Waals surface area contributed by atoms with Crippen LogP contribution >= 0.6 is 0 Å². The molecule has 0 atom stereocenters. The molecule has 14 heavy (non-hydrogen) atoms. The minimum Gasteiger partial charge on any atom is -0.508 e. The quantitative estimate of drug-likeness (QED) is 0.761. The first-order valence-corrected chi connectivity index (χ1v) is 4.15. The molecule has 1 rings (SSSR count). The highest BCUT2D eigenvalue weighted by Crippen LogP contribution is 2.14. The van der Waals surface area contributed by atoms with E-state index in [1.807, 2.05) is 0 Å². The number of hydrogen-bond donors (Lipinski definition) is 2. The molecule has 1 aromatic carbocycles. The fourth-order valence-electron chi connectivity index (χ4n) is 0.582. The van der Waals surface area contributed by atoms with Crippen LogP contribution in [0.5, 0.6) is 11.5 Å². The molecular weight excluding hydrogens is 184 g/mol. The first-order valence-electron chi connectivity index (χ1n) is 4.15. The van der Waals surface area contributed by atoms with Crippen molar-refractivity contribution in [3.63, 3.8) is 0 Å². The summed E-state index contributed by atoms with van der Waals surface area (Å²) in [6.45, 7) is 1.60. The molecule has 0 radical (unpaired) electrons. The third-order valence-corrected chi connectivity index (χ3v) is 1.37. The molecular formula is C10H14O4. The van der Waals surface area contributed by atoms with Crippen LogP contribution in [0.3, 0.4) is 0 Å². The summed E-state index contributed by atoms with van der Waals surface area (Å²) in [6, 6.07) is 6.57. The van der Waals surface area contributed by atoms with Gasteiger partial charge in [-0.2, -0.15) is 0 Å². The van der Waals surface area contributed by atoms with Gasteiger partial charge in [-0.25, -0.2) is 0 Å². The van der Waals surface area contributed by atoms with Crippen LogP contribution < -0.4 is 4.74 Å². The lowest BCUT2D eigenvalue weighted by Crippen LogP contribution is -1.86. The first-order chi connectivity index (χ1) is 6.60. The van der Waals surface area contributed by atoms with Crippen LogP contribution in [0.4, 0.5) is 0 Å². The predicted molar refractivity (Wildman–Crippen MR) is 52.6 cm³/mol. The second-order valence-electron chi connectivity index (χ2n) is 2.45. The Morgan fingerprint density at radius 3 is 2.07 bits per heavy atom. The van der Waals surface area contributed by atoms with Gasteiger partial charge in [0.15, 0.2) is 0 Å². The van der Waals surface area contributed by atoms with Crippen LogP contribution in [0.25, 0.3) is 0 Å². The normalized spacial score (nSPS) is 8.43. The third-order valence-electron chi connectivity index (χ3n) is 1.37. The predicted octanol–water partition coefficient (Wildman–Crippen LogP) is 1.88. The maximum absolute atomic E-state index is 9.37. The number of aromatic hydroxyl groups is 1. The number of methoxy groups -OCH3 is 1. The second-order valence-corrected chi connectivity index (χ2v) is 2.45. The molecule has 4 heteroatoms. The summed E-state index contributed by atoms with van der Waals surface area (Å²) in [5, 5.41) is 16.5. The summed E-state index contributed by atoms with van der Waals surface area (Å²) < 4.78 is 4.86. The second kappa shape index (κ2) is 6.77. The number of rotatable bonds is 2. The Hall–Kier alpha value is -1.71. The molecule has 4 nitrogen and oxygen atoms in total. The van der Waals surface area contributed by atoms with Gasteiger partial charge in [0.2, 0.25) is 0 Å². The van der Waals surface area contributed by atoms with Crippen LogP contribution in [0, 0.1) is 0 Å². The molecule has 1 aromatic rings. The molecule has 0 amide bonds. The van der Waals surface area contributed by atoms with Crippen molar-refractivity contribution >= 4 is 5.97 Å². The number of benzene rings is 1. The van der Waals surface area contributed by atoms with Gasteiger partial charge in [0.25, 0.3) is 0 Å². The molecule has 0 saturated heterocycles. The molecule has 2 N–H and O–H groups in total. The fraction of sp³-hybridized carbons (Fsp3) is 0.300. The van der Waals surface area contributed by atoms with Gasteiger partial charge in [-0.05, 0) is 24.3 Å². The summed E-state index contributed by atoms with van der Waals surface area (Å²) in [5.41, 5.74) is 0. The lowest BCUT2D eigenvalue weighted by Gasteiger charge is -1.96. The molecule has 0 bridgehead atoms. The molecule has 0 aliphatic heterocycles. The van der Waals surface area contributed by atoms with Gasteiger partial charge >= 0.3 is 5.97 Å². The number of ether oxygens (including phenoxy) is 1. The van der Waals surface area contributed by atoms with Crippen LogP contribution in [0.1, 0.15) is 13.3 Å². The number of carbonyl (C=O) groups is 1. The Morgan fingerprint density at radius 2 is 1.79 bits per heavy atom. The van der Waals surface area contributed by atoms with Crippen molar-refractivity contribution in [3.8, 4) is 11.5 Å². The highest BCUT2D eigenvalue weighted by molar-refractivity contribution is 5.66. The Labute approximate surface area is 82.8 Å². The van der Waals surface area contributed by atoms with Crippen molar-refractivity contribution in [2.45, 2.75) is 13.3 Å². The van der Waals surface area contributed by atoms with Crippen LogP contribution in [0.2, 0.25) is 0 Å². The molecule has 0 fully saturated rings. The van der Waals surface area contributed by atoms with Gasteiger partial charge in [0.05, 0.1) is 7.11 Å². The van der Waals surface area contributed by atoms with E-state index in [4.69, 9.17) is 14.9 Å². The van der Waals surface area contributed by atoms with Gasteiger partial charge < -0.3 is 14.9 Å². The molecule has 0 saturated carbocycles. The van der Waals surface area contributed by atoms with Crippen molar-refractivity contribution in [1.82, 2.24) is 0 Å². The minimum atomic E-state index is -0.745. The molecule has 0 spiro atoms. The summed E-state index contributed by atoms with van der Waals surface area (Å²) in [7, 11) is 1.59. The molecule has 0 heterocycles. The lowest BCUT2D eigenvalue weighted by molar-refractivity contribution is -0.136. The van der Waals surface area contributed by atoms with E-state index in [1.165, 1.54) is 0 Å². The number of carboxylic acids is 1. The summed E-state index contributed by atoms with van der Waals surface area (Å²) in [5.74, 6) is 0.272. The summed E-state index contributed by atoms with van der Waals surface area (Å²) in [4.78, 5) is 9.37. The Kier molecular flexibility index (Phi) is 5.94. The van der Waals surface area contributed by atoms with Crippen LogP contribution in [-0.4, -0.2) is 23.3 Å². The van der Waals surface area contributed by atoms with E-state index in [0.717, 1.165) is 5.75 Å². The Morgan fingerprint density at radius 1 is 1.36 bits per heavy atom. The van der Waals surface area contributed by atoms with E-state index in [2.05, 4.69) is 0 Å². The van der Waals surface area contributed by atoms with Crippen molar-refractivity contribution < 1.29 is 19.7 Å². The van der Waals surface area contributed by atoms with E-state index in [1.54, 1.807) is 38.3 Å². The SMILES string of the molecule is CCC(=O)O.COc1ccc(O)cc1. The number of phenolic OH excluding ortho intramolecular Hbond substituents is 1.